The average Bonchev–Trinajstić information content (AvgIpc) is 0.852. The predicted molar refractivity (Wildman–Crippen MR) is 376 cm³/mol. The fourth-order valence-corrected chi connectivity index (χ4v) is 7.94. The van der Waals surface area contributed by atoms with Gasteiger partial charge in [-0.3, -0.25) is 43.5 Å². The fourth-order valence-electron chi connectivity index (χ4n) is 7.94. The van der Waals surface area contributed by atoms with Crippen LogP contribution in [0.2, 0.25) is 0 Å². The molecule has 7 aromatic carbocycles. The summed E-state index contributed by atoms with van der Waals surface area (Å²) >= 11 is 0. The van der Waals surface area contributed by atoms with Crippen LogP contribution in [0.3, 0.4) is 0 Å². The van der Waals surface area contributed by atoms with Crippen LogP contribution in [-0.4, -0.2) is 107 Å². The third kappa shape index (κ3) is 48.7. The van der Waals surface area contributed by atoms with Crippen molar-refractivity contribution in [2.75, 3.05) is 0 Å². The van der Waals surface area contributed by atoms with Crippen LogP contribution in [-0.2, 0) is 52.4 Å². The minimum atomic E-state index is -4.65. The second-order valence-electron chi connectivity index (χ2n) is 23.8. The molecule has 0 aliphatic rings. The molecule has 5 N–H and O–H groups in total. The van der Waals surface area contributed by atoms with Crippen LogP contribution in [0.25, 0.3) is 5.32 Å². The first-order valence-corrected chi connectivity index (χ1v) is 29.9. The number of alkyl halides is 12. The van der Waals surface area contributed by atoms with Crippen molar-refractivity contribution >= 4 is 51.3 Å². The zero-order valence-corrected chi connectivity index (χ0v) is 63.7. The van der Waals surface area contributed by atoms with Crippen molar-refractivity contribution in [3.63, 3.8) is 0 Å². The molecule has 0 saturated heterocycles. The Bertz CT molecular complexity index is 3030. The van der Waals surface area contributed by atoms with Crippen LogP contribution < -0.4 is 0 Å². The molecule has 4 unspecified atom stereocenters. The number of halogens is 17. The Morgan fingerprint density at radius 2 is 0.505 bits per heavy atom. The van der Waals surface area contributed by atoms with E-state index in [1.54, 1.807) is 121 Å². The summed E-state index contributed by atoms with van der Waals surface area (Å²) in [6, 6.07) is 64.4. The first-order chi connectivity index (χ1) is 44.1. The zero-order valence-electron chi connectivity index (χ0n) is 58.8. The molecule has 10 nitrogen and oxygen atoms in total. The van der Waals surface area contributed by atoms with E-state index >= 15 is 0 Å². The van der Waals surface area contributed by atoms with Crippen LogP contribution in [0.15, 0.2) is 232 Å². The Labute approximate surface area is 631 Å². The van der Waals surface area contributed by atoms with Gasteiger partial charge >= 0.3 is 50.9 Å². The topological polar surface area (TPSA) is 165 Å². The molecule has 0 aliphatic carbocycles. The summed E-state index contributed by atoms with van der Waals surface area (Å²) in [5.41, 5.74) is -5.26. The van der Waals surface area contributed by atoms with Gasteiger partial charge in [-0.2, -0.15) is 102 Å². The molecule has 5 atom stereocenters. The van der Waals surface area contributed by atoms with E-state index in [0.29, 0.717) is 29.2 Å². The third-order valence-corrected chi connectivity index (χ3v) is 12.8. The van der Waals surface area contributed by atoms with Crippen molar-refractivity contribution in [3.8, 4) is 0 Å². The van der Waals surface area contributed by atoms with E-state index in [0.717, 1.165) is 44.5 Å². The Balaban J connectivity index is -0.000000210. The maximum Gasteiger partial charge on any atom is 2.00 e. The molecule has 7 rings (SSSR count). The Hall–Kier alpha value is -6.86. The van der Waals surface area contributed by atoms with Crippen molar-refractivity contribution < 1.29 is 154 Å². The second-order valence-corrected chi connectivity index (χ2v) is 23.8. The molecule has 0 amide bonds. The van der Waals surface area contributed by atoms with Crippen LogP contribution in [0.5, 0.6) is 0 Å². The van der Waals surface area contributed by atoms with Gasteiger partial charge in [0.2, 0.25) is 0 Å². The Morgan fingerprint density at radius 3 is 0.650 bits per heavy atom. The largest absolute Gasteiger partial charge is 2.00 e. The summed E-state index contributed by atoms with van der Waals surface area (Å²) in [6.07, 6.45) is -20.1. The van der Waals surface area contributed by atoms with Gasteiger partial charge in [0.15, 0.2) is 22.4 Å². The van der Waals surface area contributed by atoms with E-state index in [1.165, 1.54) is 27.7 Å². The number of rotatable bonds is 16. The quantitative estimate of drug-likeness (QED) is 0.0369. The maximum absolute atomic E-state index is 12.4. The van der Waals surface area contributed by atoms with E-state index in [-0.39, 0.29) is 105 Å². The number of benzene rings is 7. The molecule has 0 radical (unpaired) electrons. The molecule has 103 heavy (non-hydrogen) atoms. The summed E-state index contributed by atoms with van der Waals surface area (Å²) in [4.78, 5) is 16.1. The summed E-state index contributed by atoms with van der Waals surface area (Å²) in [5, 5.41) is 51.3. The van der Waals surface area contributed by atoms with Crippen molar-refractivity contribution in [2.24, 2.45) is 20.0 Å². The van der Waals surface area contributed by atoms with E-state index < -0.39 is 78.4 Å². The molecule has 0 fully saturated rings. The van der Waals surface area contributed by atoms with Gasteiger partial charge < -0.3 is 30.8 Å². The minimum absolute atomic E-state index is 0. The Morgan fingerprint density at radius 1 is 0.340 bits per heavy atom. The molecule has 0 bridgehead atoms. The average molecular weight is 1640 g/mol. The van der Waals surface area contributed by atoms with Gasteiger partial charge in [-0.15, -0.1) is 36.0 Å². The monoisotopic (exact) mass is 1630 g/mol. The number of hydrogen-bond acceptors (Lipinski definition) is 9. The van der Waals surface area contributed by atoms with Gasteiger partial charge in [-0.05, 0) is 124 Å². The smallest absolute Gasteiger partial charge is 0.682 e. The first kappa shape index (κ1) is 110. The van der Waals surface area contributed by atoms with Gasteiger partial charge in [0.05, 0.1) is 28.4 Å². The predicted octanol–water partition coefficient (Wildman–Crippen LogP) is 21.7. The van der Waals surface area contributed by atoms with Crippen molar-refractivity contribution in [3.05, 3.63) is 243 Å². The van der Waals surface area contributed by atoms with E-state index in [9.17, 15) is 78.2 Å². The first-order valence-electron chi connectivity index (χ1n) is 29.9. The van der Waals surface area contributed by atoms with Crippen LogP contribution in [0, 0.1) is 13.8 Å². The standard InChI is InChI=1S/4C12H14F3NO.C12H18NO.2C7H7.5FH.2Zr/c4*1-9(8-11(2,17)12(13,14)15)16-10-6-4-3-5-7-10;1-10(9-12(2,3)14)13-11-7-5-4-6-8-11;2*1-7-5-3-2-4-6-7;;;;;;;/h4*3-7,17H,8H2,1-2H3;4-8,10,14H,9H2,1-3H3;2*2-6H,1H2;5*1H;;/q;;;;3*-1;;;;;;;+2/t;;;;10-;;;;;;;;;/m....1........./s1. The maximum atomic E-state index is 12.4. The number of para-hydroxylation sites is 5. The van der Waals surface area contributed by atoms with Crippen LogP contribution in [0.4, 0.5) is 105 Å². The number of hydrogen-bond donors (Lipinski definition) is 5. The van der Waals surface area contributed by atoms with Gasteiger partial charge in [0.1, 0.15) is 0 Å². The normalized spacial score (nSPS) is 14.1. The summed E-state index contributed by atoms with van der Waals surface area (Å²) in [6.45, 7) is 21.9. The molecular weight excluding hydrogens is 1540 g/mol. The molecule has 0 aromatic heterocycles. The van der Waals surface area contributed by atoms with Crippen LogP contribution in [0.1, 0.15) is 119 Å². The SMILES string of the molecule is CC(CC(C)(O)C(F)(F)F)=Nc1ccccc1.CC(CC(C)(O)C(F)(F)F)=Nc1ccccc1.CC(CC(C)(O)C(F)(F)F)=Nc1ccccc1.CC(CC(C)(O)C(F)(F)F)=Nc1ccccc1.C[C@H](CC(C)(C)O)[N-]c1ccccc1.F.F.F.F.F.[CH2-]c1ccccc1.[CH2-]c1ccccc1.[Zr+2].[Zr]. The minimum Gasteiger partial charge on any atom is -0.682 e. The molecule has 0 heterocycles. The van der Waals surface area contributed by atoms with Gasteiger partial charge in [-0.1, -0.05) is 122 Å². The van der Waals surface area contributed by atoms with Crippen molar-refractivity contribution in [1.29, 1.82) is 0 Å². The zero-order chi connectivity index (χ0) is 73.2. The molecule has 0 aliphatic heterocycles. The third-order valence-electron chi connectivity index (χ3n) is 12.8. The summed E-state index contributed by atoms with van der Waals surface area (Å²) in [5.74, 6) is 0. The molecule has 0 saturated carbocycles. The van der Waals surface area contributed by atoms with Gasteiger partial charge in [0.25, 0.3) is 0 Å². The van der Waals surface area contributed by atoms with Crippen molar-refractivity contribution in [1.82, 2.24) is 0 Å². The fraction of sp³-hybridized carbons (Fsp3) is 0.351. The van der Waals surface area contributed by atoms with Gasteiger partial charge in [0, 0.05) is 74.7 Å². The Kier molecular flexibility index (Phi) is 54.6. The van der Waals surface area contributed by atoms with Crippen molar-refractivity contribution in [2.45, 2.75) is 167 Å². The van der Waals surface area contributed by atoms with E-state index in [1.807, 2.05) is 112 Å². The van der Waals surface area contributed by atoms with Gasteiger partial charge in [-0.25, -0.2) is 0 Å². The van der Waals surface area contributed by atoms with E-state index in [4.69, 9.17) is 0 Å². The summed E-state index contributed by atoms with van der Waals surface area (Å²) < 4.78 is 149. The molecule has 0 spiro atoms. The van der Waals surface area contributed by atoms with Crippen LogP contribution >= 0.6 is 0 Å². The molecule has 572 valence electrons. The molecule has 29 heteroatoms. The second kappa shape index (κ2) is 51.3. The molecule has 7 aromatic rings. The number of aliphatic imine (C=N–C) groups is 4. The number of aliphatic hydroxyl groups is 5. The summed E-state index contributed by atoms with van der Waals surface area (Å²) in [7, 11) is 0. The number of nitrogens with zero attached hydrogens (tertiary/aromatic N) is 5. The van der Waals surface area contributed by atoms with E-state index in [2.05, 4.69) is 39.1 Å². The molecular formula is C74H93F17N5O5Zr2-.